The highest BCUT2D eigenvalue weighted by molar-refractivity contribution is 9.10. The van der Waals surface area contributed by atoms with E-state index in [0.29, 0.717) is 0 Å². The van der Waals surface area contributed by atoms with Crippen LogP contribution in [0, 0.1) is 5.92 Å². The molecule has 0 radical (unpaired) electrons. The van der Waals surface area contributed by atoms with Crippen molar-refractivity contribution >= 4 is 43.5 Å². The molecule has 1 fully saturated rings. The molecule has 0 bridgehead atoms. The molecule has 2 aromatic rings. The van der Waals surface area contributed by atoms with Crippen LogP contribution in [-0.4, -0.2) is 23.9 Å². The molecular weight excluding hydrogens is 432 g/mol. The molecule has 1 saturated heterocycles. The van der Waals surface area contributed by atoms with Gasteiger partial charge in [-0.2, -0.15) is 0 Å². The number of nitrogens with zero attached hydrogens (tertiary/aromatic N) is 1. The molecule has 5 heteroatoms. The molecule has 0 aromatic heterocycles. The fraction of sp³-hybridized carbons (Fsp3) is 0.316. The molecule has 1 amide bonds. The Morgan fingerprint density at radius 3 is 2.08 bits per heavy atom. The standard InChI is InChI=1S/C19H20Br2N2O/c20-16-3-1-14(2-4-16)13-23-11-9-15(10-12-23)19(24)22-18-7-5-17(21)6-8-18/h1-8,15H,9-13H2,(H,22,24). The Kier molecular flexibility index (Phi) is 6.09. The Bertz CT molecular complexity index is 678. The molecule has 3 nitrogen and oxygen atoms in total. The fourth-order valence-electron chi connectivity index (χ4n) is 2.98. The lowest BCUT2D eigenvalue weighted by molar-refractivity contribution is -0.121. The minimum atomic E-state index is 0.106. The van der Waals surface area contributed by atoms with Crippen LogP contribution in [0.25, 0.3) is 0 Å². The van der Waals surface area contributed by atoms with Crippen LogP contribution in [0.15, 0.2) is 57.5 Å². The van der Waals surface area contributed by atoms with Gasteiger partial charge in [-0.25, -0.2) is 0 Å². The van der Waals surface area contributed by atoms with Gasteiger partial charge in [-0.3, -0.25) is 9.69 Å². The zero-order valence-corrected chi connectivity index (χ0v) is 16.5. The van der Waals surface area contributed by atoms with Crippen molar-refractivity contribution in [1.29, 1.82) is 0 Å². The summed E-state index contributed by atoms with van der Waals surface area (Å²) in [6, 6.07) is 16.2. The minimum absolute atomic E-state index is 0.106. The summed E-state index contributed by atoms with van der Waals surface area (Å²) in [7, 11) is 0. The fourth-order valence-corrected chi connectivity index (χ4v) is 3.51. The average molecular weight is 452 g/mol. The minimum Gasteiger partial charge on any atom is -0.326 e. The summed E-state index contributed by atoms with van der Waals surface area (Å²) in [4.78, 5) is 14.8. The molecule has 126 valence electrons. The van der Waals surface area contributed by atoms with Crippen LogP contribution in [0.3, 0.4) is 0 Å². The number of halogens is 2. The zero-order valence-electron chi connectivity index (χ0n) is 13.3. The summed E-state index contributed by atoms with van der Waals surface area (Å²) >= 11 is 6.87. The van der Waals surface area contributed by atoms with Gasteiger partial charge in [-0.1, -0.05) is 44.0 Å². The first-order valence-corrected chi connectivity index (χ1v) is 9.72. The number of hydrogen-bond acceptors (Lipinski definition) is 2. The topological polar surface area (TPSA) is 32.3 Å². The van der Waals surface area contributed by atoms with Gasteiger partial charge in [0.05, 0.1) is 0 Å². The van der Waals surface area contributed by atoms with Gasteiger partial charge in [0.2, 0.25) is 5.91 Å². The number of rotatable bonds is 4. The second-order valence-corrected chi connectivity index (χ2v) is 8.00. The van der Waals surface area contributed by atoms with Crippen LogP contribution in [-0.2, 0) is 11.3 Å². The number of carbonyl (C=O) groups is 1. The van der Waals surface area contributed by atoms with Crippen LogP contribution in [0.5, 0.6) is 0 Å². The van der Waals surface area contributed by atoms with E-state index in [0.717, 1.165) is 47.1 Å². The predicted molar refractivity (Wildman–Crippen MR) is 105 cm³/mol. The van der Waals surface area contributed by atoms with E-state index in [1.807, 2.05) is 24.3 Å². The Hall–Kier alpha value is -1.17. The number of anilines is 1. The third-order valence-corrected chi connectivity index (χ3v) is 5.45. The number of nitrogens with one attached hydrogen (secondary N) is 1. The normalized spacial score (nSPS) is 16.1. The molecule has 0 saturated carbocycles. The third-order valence-electron chi connectivity index (χ3n) is 4.39. The molecule has 0 aliphatic carbocycles. The van der Waals surface area contributed by atoms with Crippen molar-refractivity contribution in [2.75, 3.05) is 18.4 Å². The SMILES string of the molecule is O=C(Nc1ccc(Br)cc1)C1CCN(Cc2ccc(Br)cc2)CC1. The summed E-state index contributed by atoms with van der Waals surface area (Å²) in [6.45, 7) is 2.89. The lowest BCUT2D eigenvalue weighted by Gasteiger charge is -2.31. The highest BCUT2D eigenvalue weighted by Crippen LogP contribution is 2.22. The summed E-state index contributed by atoms with van der Waals surface area (Å²) < 4.78 is 2.12. The molecule has 0 unspecified atom stereocenters. The number of hydrogen-bond donors (Lipinski definition) is 1. The quantitative estimate of drug-likeness (QED) is 0.704. The summed E-state index contributed by atoms with van der Waals surface area (Å²) in [6.07, 6.45) is 1.83. The summed E-state index contributed by atoms with van der Waals surface area (Å²) in [5.41, 5.74) is 2.18. The van der Waals surface area contributed by atoms with E-state index >= 15 is 0 Å². The van der Waals surface area contributed by atoms with Crippen molar-refractivity contribution < 1.29 is 4.79 Å². The average Bonchev–Trinajstić information content (AvgIpc) is 2.59. The number of piperidine rings is 1. The van der Waals surface area contributed by atoms with Gasteiger partial charge in [0.25, 0.3) is 0 Å². The molecule has 2 aromatic carbocycles. The maximum Gasteiger partial charge on any atom is 0.227 e. The molecule has 1 N–H and O–H groups in total. The van der Waals surface area contributed by atoms with Crippen LogP contribution >= 0.6 is 31.9 Å². The van der Waals surface area contributed by atoms with Crippen LogP contribution < -0.4 is 5.32 Å². The van der Waals surface area contributed by atoms with Crippen molar-refractivity contribution in [3.8, 4) is 0 Å². The van der Waals surface area contributed by atoms with Gasteiger partial charge in [0, 0.05) is 27.1 Å². The van der Waals surface area contributed by atoms with E-state index in [4.69, 9.17) is 0 Å². The number of likely N-dealkylation sites (tertiary alicyclic amines) is 1. The lowest BCUT2D eigenvalue weighted by Crippen LogP contribution is -2.37. The van der Waals surface area contributed by atoms with Crippen molar-refractivity contribution in [3.63, 3.8) is 0 Å². The summed E-state index contributed by atoms with van der Waals surface area (Å²) in [5, 5.41) is 3.03. The lowest BCUT2D eigenvalue weighted by atomic mass is 9.95. The molecule has 24 heavy (non-hydrogen) atoms. The maximum atomic E-state index is 12.4. The Morgan fingerprint density at radius 1 is 0.958 bits per heavy atom. The molecule has 3 rings (SSSR count). The molecule has 1 aliphatic rings. The Balaban J connectivity index is 1.48. The van der Waals surface area contributed by atoms with Gasteiger partial charge < -0.3 is 5.32 Å². The van der Waals surface area contributed by atoms with Crippen molar-refractivity contribution in [2.24, 2.45) is 5.92 Å². The van der Waals surface area contributed by atoms with E-state index in [2.05, 4.69) is 66.3 Å². The smallest absolute Gasteiger partial charge is 0.227 e. The van der Waals surface area contributed by atoms with Gasteiger partial charge in [0.15, 0.2) is 0 Å². The first kappa shape index (κ1) is 17.6. The van der Waals surface area contributed by atoms with Crippen LogP contribution in [0.4, 0.5) is 5.69 Å². The van der Waals surface area contributed by atoms with E-state index in [9.17, 15) is 4.79 Å². The number of carbonyl (C=O) groups excluding carboxylic acids is 1. The Labute approximate surface area is 159 Å². The van der Waals surface area contributed by atoms with E-state index < -0.39 is 0 Å². The number of amides is 1. The maximum absolute atomic E-state index is 12.4. The van der Waals surface area contributed by atoms with E-state index in [1.165, 1.54) is 5.56 Å². The first-order chi connectivity index (χ1) is 11.6. The van der Waals surface area contributed by atoms with Gasteiger partial charge >= 0.3 is 0 Å². The van der Waals surface area contributed by atoms with Crippen LogP contribution in [0.2, 0.25) is 0 Å². The second-order valence-electron chi connectivity index (χ2n) is 6.17. The highest BCUT2D eigenvalue weighted by Gasteiger charge is 2.25. The van der Waals surface area contributed by atoms with Crippen molar-refractivity contribution in [2.45, 2.75) is 19.4 Å². The molecule has 1 aliphatic heterocycles. The second kappa shape index (κ2) is 8.28. The molecular formula is C19H20Br2N2O. The van der Waals surface area contributed by atoms with Crippen molar-refractivity contribution in [3.05, 3.63) is 63.0 Å². The highest BCUT2D eigenvalue weighted by atomic mass is 79.9. The molecule has 0 spiro atoms. The van der Waals surface area contributed by atoms with Gasteiger partial charge in [0.1, 0.15) is 0 Å². The first-order valence-electron chi connectivity index (χ1n) is 8.13. The van der Waals surface area contributed by atoms with Gasteiger partial charge in [-0.15, -0.1) is 0 Å². The van der Waals surface area contributed by atoms with E-state index in [-0.39, 0.29) is 11.8 Å². The molecule has 1 heterocycles. The van der Waals surface area contributed by atoms with Crippen LogP contribution in [0.1, 0.15) is 18.4 Å². The number of benzene rings is 2. The van der Waals surface area contributed by atoms with E-state index in [1.54, 1.807) is 0 Å². The zero-order chi connectivity index (χ0) is 16.9. The summed E-state index contributed by atoms with van der Waals surface area (Å²) in [5.74, 6) is 0.246. The van der Waals surface area contributed by atoms with Gasteiger partial charge in [-0.05, 0) is 67.9 Å². The predicted octanol–water partition coefficient (Wildman–Crippen LogP) is 5.06. The largest absolute Gasteiger partial charge is 0.326 e. The Morgan fingerprint density at radius 2 is 1.50 bits per heavy atom. The molecule has 0 atom stereocenters. The van der Waals surface area contributed by atoms with Crippen molar-refractivity contribution in [1.82, 2.24) is 4.90 Å². The monoisotopic (exact) mass is 450 g/mol. The third kappa shape index (κ3) is 4.91.